The second-order valence-corrected chi connectivity index (χ2v) is 7.57. The molecule has 0 amide bonds. The summed E-state index contributed by atoms with van der Waals surface area (Å²) in [6.07, 6.45) is 2.70. The van der Waals surface area contributed by atoms with E-state index in [-0.39, 0.29) is 5.56 Å². The van der Waals surface area contributed by atoms with Crippen LogP contribution in [0.15, 0.2) is 59.5 Å². The normalized spacial score (nSPS) is 14.3. The van der Waals surface area contributed by atoms with Crippen LogP contribution in [0.4, 0.5) is 0 Å². The molecule has 1 aliphatic heterocycles. The number of aromatic nitrogens is 3. The van der Waals surface area contributed by atoms with E-state index in [0.29, 0.717) is 12.4 Å². The van der Waals surface area contributed by atoms with Gasteiger partial charge in [-0.2, -0.15) is 0 Å². The quantitative estimate of drug-likeness (QED) is 0.577. The van der Waals surface area contributed by atoms with Crippen LogP contribution >= 0.6 is 0 Å². The van der Waals surface area contributed by atoms with Gasteiger partial charge in [0.15, 0.2) is 0 Å². The van der Waals surface area contributed by atoms with Gasteiger partial charge in [0.1, 0.15) is 5.82 Å². The Hall–Kier alpha value is -3.18. The number of fused-ring (bicyclic) bond motifs is 2. The van der Waals surface area contributed by atoms with Crippen LogP contribution in [0.25, 0.3) is 22.3 Å². The third-order valence-corrected chi connectivity index (χ3v) is 5.50. The molecule has 5 nitrogen and oxygen atoms in total. The second-order valence-electron chi connectivity index (χ2n) is 7.57. The molecule has 140 valence electrons. The Morgan fingerprint density at radius 2 is 1.96 bits per heavy atom. The maximum absolute atomic E-state index is 12.6. The van der Waals surface area contributed by atoms with Crippen LogP contribution in [0.3, 0.4) is 0 Å². The second kappa shape index (κ2) is 6.77. The van der Waals surface area contributed by atoms with Crippen LogP contribution in [-0.2, 0) is 19.5 Å². The number of nitrogens with one attached hydrogen (secondary N) is 2. The predicted octanol–water partition coefficient (Wildman–Crippen LogP) is 3.78. The molecule has 0 radical (unpaired) electrons. The molecule has 5 rings (SSSR count). The first-order valence-corrected chi connectivity index (χ1v) is 9.63. The van der Waals surface area contributed by atoms with Crippen molar-refractivity contribution in [3.8, 4) is 11.4 Å². The highest BCUT2D eigenvalue weighted by Crippen LogP contribution is 2.22. The molecule has 0 saturated carbocycles. The molecule has 3 heterocycles. The molecule has 0 unspecified atom stereocenters. The van der Waals surface area contributed by atoms with Crippen molar-refractivity contribution in [3.63, 3.8) is 0 Å². The number of benzene rings is 2. The van der Waals surface area contributed by atoms with E-state index >= 15 is 0 Å². The molecule has 1 aliphatic rings. The molecule has 28 heavy (non-hydrogen) atoms. The summed E-state index contributed by atoms with van der Waals surface area (Å²) in [6, 6.07) is 16.7. The van der Waals surface area contributed by atoms with Crippen molar-refractivity contribution in [1.29, 1.82) is 0 Å². The van der Waals surface area contributed by atoms with E-state index in [1.807, 2.05) is 30.5 Å². The molecule has 0 spiro atoms. The molecule has 2 aromatic carbocycles. The number of rotatable bonds is 3. The molecular weight excluding hydrogens is 348 g/mol. The number of aromatic amines is 2. The minimum absolute atomic E-state index is 0.00559. The van der Waals surface area contributed by atoms with E-state index in [2.05, 4.69) is 46.1 Å². The average Bonchev–Trinajstić information content (AvgIpc) is 3.16. The van der Waals surface area contributed by atoms with Gasteiger partial charge in [-0.25, -0.2) is 4.98 Å². The van der Waals surface area contributed by atoms with Gasteiger partial charge >= 0.3 is 0 Å². The fraction of sp³-hybridized carbons (Fsp3) is 0.217. The number of aryl methyl sites for hydroxylation is 1. The Labute approximate surface area is 163 Å². The number of hydrogen-bond acceptors (Lipinski definition) is 3. The summed E-state index contributed by atoms with van der Waals surface area (Å²) in [6.45, 7) is 4.47. The number of nitrogens with zero attached hydrogens (tertiary/aromatic N) is 2. The zero-order chi connectivity index (χ0) is 19.1. The predicted molar refractivity (Wildman–Crippen MR) is 111 cm³/mol. The van der Waals surface area contributed by atoms with Gasteiger partial charge in [-0.15, -0.1) is 0 Å². The van der Waals surface area contributed by atoms with Gasteiger partial charge in [0.25, 0.3) is 5.56 Å². The van der Waals surface area contributed by atoms with Crippen molar-refractivity contribution in [2.45, 2.75) is 26.4 Å². The molecule has 2 aromatic heterocycles. The standard InChI is InChI=1S/C23H22N4O/c1-15-2-5-17(6-3-15)22-25-21-14-27(11-9-19(21)23(28)26-22)13-16-4-7-20-18(12-16)8-10-24-20/h2-8,10,12,24H,9,11,13-14H2,1H3,(H,25,26,28). The molecular formula is C23H22N4O. The average molecular weight is 370 g/mol. The zero-order valence-corrected chi connectivity index (χ0v) is 15.8. The largest absolute Gasteiger partial charge is 0.361 e. The summed E-state index contributed by atoms with van der Waals surface area (Å²) < 4.78 is 0. The van der Waals surface area contributed by atoms with Crippen molar-refractivity contribution in [1.82, 2.24) is 19.9 Å². The van der Waals surface area contributed by atoms with E-state index in [4.69, 9.17) is 4.98 Å². The first-order valence-electron chi connectivity index (χ1n) is 9.63. The lowest BCUT2D eigenvalue weighted by Crippen LogP contribution is -2.35. The van der Waals surface area contributed by atoms with Gasteiger partial charge in [-0.1, -0.05) is 35.9 Å². The number of H-pyrrole nitrogens is 2. The first kappa shape index (κ1) is 17.0. The molecule has 5 heteroatoms. The van der Waals surface area contributed by atoms with Crippen LogP contribution in [0.5, 0.6) is 0 Å². The van der Waals surface area contributed by atoms with Crippen LogP contribution < -0.4 is 5.56 Å². The van der Waals surface area contributed by atoms with Gasteiger partial charge < -0.3 is 9.97 Å². The third-order valence-electron chi connectivity index (χ3n) is 5.50. The summed E-state index contributed by atoms with van der Waals surface area (Å²) in [5, 5.41) is 1.23. The van der Waals surface area contributed by atoms with Crippen molar-refractivity contribution in [2.75, 3.05) is 6.54 Å². The summed E-state index contributed by atoms with van der Waals surface area (Å²) in [5.74, 6) is 0.652. The molecule has 0 bridgehead atoms. The minimum Gasteiger partial charge on any atom is -0.361 e. The Morgan fingerprint density at radius 1 is 1.11 bits per heavy atom. The molecule has 0 atom stereocenters. The van der Waals surface area contributed by atoms with E-state index in [0.717, 1.165) is 41.8 Å². The SMILES string of the molecule is Cc1ccc(-c2nc3c(c(=O)[nH]2)CCN(Cc2ccc4[nH]ccc4c2)C3)cc1. The van der Waals surface area contributed by atoms with Gasteiger partial charge in [-0.05, 0) is 42.5 Å². The van der Waals surface area contributed by atoms with Crippen LogP contribution in [0.2, 0.25) is 0 Å². The lowest BCUT2D eigenvalue weighted by molar-refractivity contribution is 0.240. The third kappa shape index (κ3) is 3.14. The topological polar surface area (TPSA) is 64.8 Å². The van der Waals surface area contributed by atoms with Crippen molar-refractivity contribution in [3.05, 3.63) is 87.5 Å². The maximum Gasteiger partial charge on any atom is 0.254 e. The minimum atomic E-state index is -0.00559. The summed E-state index contributed by atoms with van der Waals surface area (Å²) in [5.41, 5.74) is 6.29. The molecule has 4 aromatic rings. The molecule has 2 N–H and O–H groups in total. The lowest BCUT2D eigenvalue weighted by Gasteiger charge is -2.27. The maximum atomic E-state index is 12.6. The van der Waals surface area contributed by atoms with Gasteiger partial charge in [0.05, 0.1) is 5.69 Å². The highest BCUT2D eigenvalue weighted by molar-refractivity contribution is 5.79. The zero-order valence-electron chi connectivity index (χ0n) is 15.8. The van der Waals surface area contributed by atoms with Crippen LogP contribution in [0, 0.1) is 6.92 Å². The summed E-state index contributed by atoms with van der Waals surface area (Å²) in [7, 11) is 0. The summed E-state index contributed by atoms with van der Waals surface area (Å²) >= 11 is 0. The van der Waals surface area contributed by atoms with Crippen LogP contribution in [-0.4, -0.2) is 26.4 Å². The van der Waals surface area contributed by atoms with Crippen molar-refractivity contribution < 1.29 is 0 Å². The monoisotopic (exact) mass is 370 g/mol. The number of hydrogen-bond donors (Lipinski definition) is 2. The fourth-order valence-electron chi connectivity index (χ4n) is 3.94. The van der Waals surface area contributed by atoms with E-state index < -0.39 is 0 Å². The van der Waals surface area contributed by atoms with Gasteiger partial charge in [-0.3, -0.25) is 9.69 Å². The first-order chi connectivity index (χ1) is 13.7. The van der Waals surface area contributed by atoms with Crippen LogP contribution in [0.1, 0.15) is 22.4 Å². The summed E-state index contributed by atoms with van der Waals surface area (Å²) in [4.78, 5) is 26.0. The van der Waals surface area contributed by atoms with E-state index in [9.17, 15) is 4.79 Å². The van der Waals surface area contributed by atoms with Crippen molar-refractivity contribution >= 4 is 10.9 Å². The highest BCUT2D eigenvalue weighted by atomic mass is 16.1. The Bertz CT molecular complexity index is 1200. The van der Waals surface area contributed by atoms with E-state index in [1.165, 1.54) is 16.5 Å². The lowest BCUT2D eigenvalue weighted by atomic mass is 10.0. The van der Waals surface area contributed by atoms with E-state index in [1.54, 1.807) is 0 Å². The Kier molecular flexibility index (Phi) is 4.10. The highest BCUT2D eigenvalue weighted by Gasteiger charge is 2.21. The fourth-order valence-corrected chi connectivity index (χ4v) is 3.94. The van der Waals surface area contributed by atoms with Gasteiger partial charge in [0.2, 0.25) is 0 Å². The van der Waals surface area contributed by atoms with Crippen molar-refractivity contribution in [2.24, 2.45) is 0 Å². The Morgan fingerprint density at radius 3 is 2.82 bits per heavy atom. The molecule has 0 fully saturated rings. The van der Waals surface area contributed by atoms with Gasteiger partial charge in [0, 0.05) is 42.5 Å². The Balaban J connectivity index is 1.42. The smallest absolute Gasteiger partial charge is 0.254 e. The molecule has 0 saturated heterocycles. The molecule has 0 aliphatic carbocycles.